The van der Waals surface area contributed by atoms with Crippen molar-refractivity contribution in [3.63, 3.8) is 0 Å². The molecular formula is C10H8ClN3O2. The Bertz CT molecular complexity index is 524. The smallest absolute Gasteiger partial charge is 0.261 e. The van der Waals surface area contributed by atoms with Gasteiger partial charge in [-0.25, -0.2) is 4.98 Å². The molecule has 82 valence electrons. The summed E-state index contributed by atoms with van der Waals surface area (Å²) in [6.07, 6.45) is 2.86. The van der Waals surface area contributed by atoms with E-state index in [0.717, 1.165) is 0 Å². The molecule has 0 saturated heterocycles. The van der Waals surface area contributed by atoms with Gasteiger partial charge in [0.05, 0.1) is 17.5 Å². The fourth-order valence-corrected chi connectivity index (χ4v) is 1.35. The topological polar surface area (TPSA) is 81.1 Å². The standard InChI is InChI=1S/C10H8ClN3O2/c11-8-6(3-5-16-8)10(15)14-9-7(12)2-1-4-13-9/h1-5H,12H2,(H,13,14,15). The summed E-state index contributed by atoms with van der Waals surface area (Å²) >= 11 is 5.66. The normalized spacial score (nSPS) is 10.1. The van der Waals surface area contributed by atoms with E-state index in [0.29, 0.717) is 11.5 Å². The van der Waals surface area contributed by atoms with Crippen LogP contribution in [0.4, 0.5) is 11.5 Å². The Morgan fingerprint density at radius 3 is 2.94 bits per heavy atom. The molecule has 0 bridgehead atoms. The Morgan fingerprint density at radius 2 is 2.31 bits per heavy atom. The van der Waals surface area contributed by atoms with E-state index in [1.807, 2.05) is 0 Å². The molecule has 2 aromatic rings. The predicted molar refractivity (Wildman–Crippen MR) is 60.3 cm³/mol. The lowest BCUT2D eigenvalue weighted by Gasteiger charge is -2.04. The van der Waals surface area contributed by atoms with Crippen molar-refractivity contribution in [3.05, 3.63) is 41.4 Å². The van der Waals surface area contributed by atoms with E-state index in [2.05, 4.69) is 10.3 Å². The molecule has 0 fully saturated rings. The fourth-order valence-electron chi connectivity index (χ4n) is 1.15. The van der Waals surface area contributed by atoms with Crippen molar-refractivity contribution in [1.82, 2.24) is 4.98 Å². The van der Waals surface area contributed by atoms with Crippen LogP contribution in [0.25, 0.3) is 0 Å². The van der Waals surface area contributed by atoms with Crippen LogP contribution in [0, 0.1) is 0 Å². The molecule has 0 aliphatic rings. The summed E-state index contributed by atoms with van der Waals surface area (Å²) in [5, 5.41) is 2.57. The van der Waals surface area contributed by atoms with E-state index in [1.165, 1.54) is 18.5 Å². The van der Waals surface area contributed by atoms with Gasteiger partial charge in [0.1, 0.15) is 0 Å². The number of hydrogen-bond acceptors (Lipinski definition) is 4. The van der Waals surface area contributed by atoms with Crippen molar-refractivity contribution in [2.24, 2.45) is 0 Å². The van der Waals surface area contributed by atoms with Crippen LogP contribution in [0.3, 0.4) is 0 Å². The molecule has 0 unspecified atom stereocenters. The van der Waals surface area contributed by atoms with Crippen molar-refractivity contribution in [3.8, 4) is 0 Å². The van der Waals surface area contributed by atoms with Gasteiger partial charge in [0.2, 0.25) is 5.22 Å². The molecule has 0 aromatic carbocycles. The number of carbonyl (C=O) groups is 1. The maximum absolute atomic E-state index is 11.7. The van der Waals surface area contributed by atoms with Gasteiger partial charge in [0, 0.05) is 6.20 Å². The van der Waals surface area contributed by atoms with Crippen molar-refractivity contribution >= 4 is 29.0 Å². The molecule has 2 aromatic heterocycles. The maximum atomic E-state index is 11.7. The van der Waals surface area contributed by atoms with Gasteiger partial charge < -0.3 is 15.5 Å². The Balaban J connectivity index is 2.21. The molecule has 0 spiro atoms. The third-order valence-electron chi connectivity index (χ3n) is 1.93. The molecule has 0 radical (unpaired) electrons. The first kappa shape index (κ1) is 10.5. The first-order valence-corrected chi connectivity index (χ1v) is 4.81. The minimum Gasteiger partial charge on any atom is -0.452 e. The number of halogens is 1. The van der Waals surface area contributed by atoms with Gasteiger partial charge in [-0.3, -0.25) is 4.79 Å². The molecule has 0 saturated carbocycles. The first-order chi connectivity index (χ1) is 7.68. The van der Waals surface area contributed by atoms with Gasteiger partial charge in [0.15, 0.2) is 5.82 Å². The third kappa shape index (κ3) is 1.99. The van der Waals surface area contributed by atoms with Crippen molar-refractivity contribution < 1.29 is 9.21 Å². The Hall–Kier alpha value is -2.01. The summed E-state index contributed by atoms with van der Waals surface area (Å²) in [5.41, 5.74) is 6.25. The predicted octanol–water partition coefficient (Wildman–Crippen LogP) is 2.16. The zero-order chi connectivity index (χ0) is 11.5. The average molecular weight is 238 g/mol. The van der Waals surface area contributed by atoms with Crippen LogP contribution < -0.4 is 11.1 Å². The second kappa shape index (κ2) is 4.24. The molecule has 2 heterocycles. The molecule has 2 rings (SSSR count). The molecule has 0 aliphatic heterocycles. The number of nitrogens with zero attached hydrogens (tertiary/aromatic N) is 1. The van der Waals surface area contributed by atoms with Gasteiger partial charge in [-0.05, 0) is 29.8 Å². The van der Waals surface area contributed by atoms with E-state index in [4.69, 9.17) is 21.8 Å². The molecule has 1 amide bonds. The summed E-state index contributed by atoms with van der Waals surface area (Å²) < 4.78 is 4.81. The Labute approximate surface area is 96.2 Å². The van der Waals surface area contributed by atoms with Gasteiger partial charge in [-0.2, -0.15) is 0 Å². The largest absolute Gasteiger partial charge is 0.452 e. The number of nitrogens with one attached hydrogen (secondary N) is 1. The third-order valence-corrected chi connectivity index (χ3v) is 2.23. The minimum absolute atomic E-state index is 0.0343. The summed E-state index contributed by atoms with van der Waals surface area (Å²) in [5.74, 6) is -0.117. The molecule has 6 heteroatoms. The number of rotatable bonds is 2. The number of anilines is 2. The second-order valence-electron chi connectivity index (χ2n) is 3.00. The van der Waals surface area contributed by atoms with Crippen LogP contribution >= 0.6 is 11.6 Å². The highest BCUT2D eigenvalue weighted by Crippen LogP contribution is 2.19. The molecule has 0 atom stereocenters. The number of hydrogen-bond donors (Lipinski definition) is 2. The van der Waals surface area contributed by atoms with Crippen LogP contribution in [0.1, 0.15) is 10.4 Å². The fraction of sp³-hybridized carbons (Fsp3) is 0. The Kier molecular flexibility index (Phi) is 2.78. The highest BCUT2D eigenvalue weighted by molar-refractivity contribution is 6.32. The van der Waals surface area contributed by atoms with Crippen LogP contribution in [0.2, 0.25) is 5.22 Å². The summed E-state index contributed by atoms with van der Waals surface area (Å²) in [6.45, 7) is 0. The first-order valence-electron chi connectivity index (χ1n) is 4.43. The number of furan rings is 1. The van der Waals surface area contributed by atoms with E-state index < -0.39 is 5.91 Å². The van der Waals surface area contributed by atoms with E-state index in [-0.39, 0.29) is 10.8 Å². The van der Waals surface area contributed by atoms with E-state index in [9.17, 15) is 4.79 Å². The number of nitrogens with two attached hydrogens (primary N) is 1. The quantitative estimate of drug-likeness (QED) is 0.839. The number of amides is 1. The van der Waals surface area contributed by atoms with Gasteiger partial charge in [-0.15, -0.1) is 0 Å². The van der Waals surface area contributed by atoms with Gasteiger partial charge >= 0.3 is 0 Å². The molecule has 5 nitrogen and oxygen atoms in total. The lowest BCUT2D eigenvalue weighted by atomic mass is 10.3. The van der Waals surface area contributed by atoms with Gasteiger partial charge in [0.25, 0.3) is 5.91 Å². The highest BCUT2D eigenvalue weighted by Gasteiger charge is 2.14. The van der Waals surface area contributed by atoms with E-state index in [1.54, 1.807) is 12.1 Å². The average Bonchev–Trinajstić information content (AvgIpc) is 2.68. The van der Waals surface area contributed by atoms with Crippen LogP contribution in [-0.2, 0) is 0 Å². The minimum atomic E-state index is -0.413. The lowest BCUT2D eigenvalue weighted by Crippen LogP contribution is -2.13. The maximum Gasteiger partial charge on any atom is 0.261 e. The summed E-state index contributed by atoms with van der Waals surface area (Å²) in [4.78, 5) is 15.6. The van der Waals surface area contributed by atoms with Crippen LogP contribution in [0.15, 0.2) is 35.1 Å². The van der Waals surface area contributed by atoms with Crippen molar-refractivity contribution in [1.29, 1.82) is 0 Å². The van der Waals surface area contributed by atoms with E-state index >= 15 is 0 Å². The number of carbonyl (C=O) groups excluding carboxylic acids is 1. The summed E-state index contributed by atoms with van der Waals surface area (Å²) in [7, 11) is 0. The number of pyridine rings is 1. The second-order valence-corrected chi connectivity index (χ2v) is 3.35. The van der Waals surface area contributed by atoms with Crippen molar-refractivity contribution in [2.75, 3.05) is 11.1 Å². The molecular weight excluding hydrogens is 230 g/mol. The lowest BCUT2D eigenvalue weighted by molar-refractivity contribution is 0.102. The van der Waals surface area contributed by atoms with Gasteiger partial charge in [-0.1, -0.05) is 0 Å². The number of aromatic nitrogens is 1. The van der Waals surface area contributed by atoms with Crippen LogP contribution in [-0.4, -0.2) is 10.9 Å². The SMILES string of the molecule is Nc1cccnc1NC(=O)c1ccoc1Cl. The molecule has 16 heavy (non-hydrogen) atoms. The Morgan fingerprint density at radius 1 is 1.50 bits per heavy atom. The monoisotopic (exact) mass is 237 g/mol. The van der Waals surface area contributed by atoms with Crippen molar-refractivity contribution in [2.45, 2.75) is 0 Å². The van der Waals surface area contributed by atoms with Crippen LogP contribution in [0.5, 0.6) is 0 Å². The number of nitrogen functional groups attached to an aromatic ring is 1. The highest BCUT2D eigenvalue weighted by atomic mass is 35.5. The zero-order valence-electron chi connectivity index (χ0n) is 8.11. The molecule has 0 aliphatic carbocycles. The molecule has 3 N–H and O–H groups in total. The zero-order valence-corrected chi connectivity index (χ0v) is 8.86. The summed E-state index contributed by atoms with van der Waals surface area (Å²) in [6, 6.07) is 4.78.